The number of aromatic nitrogens is 2. The number of nitrogens with zero attached hydrogens (tertiary/aromatic N) is 4. The summed E-state index contributed by atoms with van der Waals surface area (Å²) in [5.41, 5.74) is 2.14. The van der Waals surface area contributed by atoms with E-state index in [1.54, 1.807) is 0 Å². The molecule has 2 aromatic carbocycles. The van der Waals surface area contributed by atoms with Crippen LogP contribution in [0.15, 0.2) is 73.1 Å². The highest BCUT2D eigenvalue weighted by Gasteiger charge is 2.22. The van der Waals surface area contributed by atoms with Crippen molar-refractivity contribution < 1.29 is 9.53 Å². The Hall–Kier alpha value is -3.38. The van der Waals surface area contributed by atoms with Crippen LogP contribution in [0.25, 0.3) is 16.4 Å². The first-order valence-electron chi connectivity index (χ1n) is 10.3. The number of imidazole rings is 1. The third-order valence-corrected chi connectivity index (χ3v) is 5.69. The van der Waals surface area contributed by atoms with Gasteiger partial charge in [0, 0.05) is 38.9 Å². The molecule has 1 saturated heterocycles. The minimum Gasteiger partial charge on any atom is -0.484 e. The molecule has 0 saturated carbocycles. The predicted octanol–water partition coefficient (Wildman–Crippen LogP) is 3.21. The maximum Gasteiger partial charge on any atom is 0.260 e. The first-order valence-corrected chi connectivity index (χ1v) is 10.3. The van der Waals surface area contributed by atoms with E-state index in [-0.39, 0.29) is 12.5 Å². The lowest BCUT2D eigenvalue weighted by Crippen LogP contribution is -2.49. The fraction of sp³-hybridized carbons (Fsp3) is 0.250. The van der Waals surface area contributed by atoms with Crippen LogP contribution in [0.2, 0.25) is 0 Å². The summed E-state index contributed by atoms with van der Waals surface area (Å²) in [5, 5.41) is 2.28. The van der Waals surface area contributed by atoms with E-state index >= 15 is 0 Å². The van der Waals surface area contributed by atoms with Gasteiger partial charge in [-0.3, -0.25) is 9.69 Å². The highest BCUT2D eigenvalue weighted by molar-refractivity contribution is 5.84. The zero-order chi connectivity index (χ0) is 20.3. The van der Waals surface area contributed by atoms with Gasteiger partial charge in [0.1, 0.15) is 11.4 Å². The van der Waals surface area contributed by atoms with Gasteiger partial charge in [-0.15, -0.1) is 0 Å². The van der Waals surface area contributed by atoms with Crippen LogP contribution in [0.1, 0.15) is 5.69 Å². The van der Waals surface area contributed by atoms with E-state index in [1.165, 1.54) is 11.1 Å². The molecule has 0 aliphatic carbocycles. The summed E-state index contributed by atoms with van der Waals surface area (Å²) in [4.78, 5) is 21.3. The lowest BCUT2D eigenvalue weighted by Gasteiger charge is -2.34. The molecule has 6 heteroatoms. The van der Waals surface area contributed by atoms with E-state index in [0.717, 1.165) is 49.5 Å². The number of amides is 1. The van der Waals surface area contributed by atoms with Gasteiger partial charge in [0.25, 0.3) is 5.91 Å². The monoisotopic (exact) mass is 400 g/mol. The first kappa shape index (κ1) is 18.6. The highest BCUT2D eigenvalue weighted by atomic mass is 16.5. The van der Waals surface area contributed by atoms with Gasteiger partial charge >= 0.3 is 0 Å². The molecule has 0 unspecified atom stereocenters. The molecule has 2 aromatic heterocycles. The Morgan fingerprint density at radius 2 is 1.73 bits per heavy atom. The molecule has 1 aliphatic rings. The number of ether oxygens (including phenoxy) is 1. The average Bonchev–Trinajstić information content (AvgIpc) is 3.20. The number of hydrogen-bond acceptors (Lipinski definition) is 4. The fourth-order valence-corrected chi connectivity index (χ4v) is 3.98. The van der Waals surface area contributed by atoms with E-state index in [0.29, 0.717) is 0 Å². The molecule has 0 spiro atoms. The van der Waals surface area contributed by atoms with Crippen LogP contribution >= 0.6 is 0 Å². The SMILES string of the molecule is O=C(COc1ccc2ccccc2c1)N1CCN(Cc2cnc3ccccn23)CC1. The Morgan fingerprint density at radius 3 is 2.60 bits per heavy atom. The number of carbonyl (C=O) groups is 1. The summed E-state index contributed by atoms with van der Waals surface area (Å²) in [6, 6.07) is 20.1. The van der Waals surface area contributed by atoms with Gasteiger partial charge in [-0.25, -0.2) is 4.98 Å². The number of pyridine rings is 1. The van der Waals surface area contributed by atoms with Crippen LogP contribution < -0.4 is 4.74 Å². The van der Waals surface area contributed by atoms with Gasteiger partial charge in [-0.2, -0.15) is 0 Å². The minimum atomic E-state index is 0.0395. The van der Waals surface area contributed by atoms with Crippen molar-refractivity contribution >= 4 is 22.3 Å². The molecule has 0 bridgehead atoms. The molecule has 6 nitrogen and oxygen atoms in total. The van der Waals surface area contributed by atoms with Crippen molar-refractivity contribution in [1.82, 2.24) is 19.2 Å². The molecule has 0 atom stereocenters. The van der Waals surface area contributed by atoms with E-state index < -0.39 is 0 Å². The molecule has 1 aliphatic heterocycles. The Balaban J connectivity index is 1.13. The molecular weight excluding hydrogens is 376 g/mol. The van der Waals surface area contributed by atoms with Gasteiger partial charge in [-0.1, -0.05) is 36.4 Å². The van der Waals surface area contributed by atoms with Crippen LogP contribution in [0, 0.1) is 0 Å². The van der Waals surface area contributed by atoms with Crippen molar-refractivity contribution in [1.29, 1.82) is 0 Å². The Labute approximate surface area is 175 Å². The number of fused-ring (bicyclic) bond motifs is 2. The summed E-state index contributed by atoms with van der Waals surface area (Å²) >= 11 is 0. The van der Waals surface area contributed by atoms with Gasteiger partial charge in [0.15, 0.2) is 6.61 Å². The standard InChI is InChI=1S/C24H24N4O2/c29-24(18-30-22-9-8-19-5-1-2-6-20(19)15-22)27-13-11-26(12-14-27)17-21-16-25-23-7-3-4-10-28(21)23/h1-10,15-16H,11-14,17-18H2. The van der Waals surface area contributed by atoms with Crippen molar-refractivity contribution in [3.8, 4) is 5.75 Å². The second-order valence-corrected chi connectivity index (χ2v) is 7.63. The lowest BCUT2D eigenvalue weighted by atomic mass is 10.1. The predicted molar refractivity (Wildman–Crippen MR) is 116 cm³/mol. The molecule has 5 rings (SSSR count). The molecule has 1 fully saturated rings. The molecular formula is C24H24N4O2. The second kappa shape index (κ2) is 8.16. The van der Waals surface area contributed by atoms with Crippen LogP contribution in [-0.2, 0) is 11.3 Å². The molecule has 152 valence electrons. The van der Waals surface area contributed by atoms with E-state index in [2.05, 4.69) is 20.4 Å². The summed E-state index contributed by atoms with van der Waals surface area (Å²) in [5.74, 6) is 0.769. The molecule has 30 heavy (non-hydrogen) atoms. The summed E-state index contributed by atoms with van der Waals surface area (Å²) in [6.45, 7) is 4.04. The molecule has 4 aromatic rings. The first-order chi connectivity index (χ1) is 14.8. The lowest BCUT2D eigenvalue weighted by molar-refractivity contribution is -0.135. The van der Waals surface area contributed by atoms with Gasteiger partial charge in [-0.05, 0) is 35.0 Å². The van der Waals surface area contributed by atoms with Crippen molar-refractivity contribution in [2.45, 2.75) is 6.54 Å². The van der Waals surface area contributed by atoms with Crippen LogP contribution in [-0.4, -0.2) is 57.9 Å². The maximum absolute atomic E-state index is 12.6. The van der Waals surface area contributed by atoms with Crippen molar-refractivity contribution in [3.63, 3.8) is 0 Å². The van der Waals surface area contributed by atoms with E-state index in [1.807, 2.05) is 71.9 Å². The number of rotatable bonds is 5. The molecule has 1 amide bonds. The number of benzene rings is 2. The van der Waals surface area contributed by atoms with Gasteiger partial charge in [0.05, 0.1) is 11.9 Å². The summed E-state index contributed by atoms with van der Waals surface area (Å²) in [6.07, 6.45) is 3.98. The van der Waals surface area contributed by atoms with Crippen molar-refractivity contribution in [2.75, 3.05) is 32.8 Å². The molecule has 3 heterocycles. The molecule has 0 radical (unpaired) electrons. The van der Waals surface area contributed by atoms with Crippen LogP contribution in [0.4, 0.5) is 0 Å². The summed E-state index contributed by atoms with van der Waals surface area (Å²) in [7, 11) is 0. The zero-order valence-corrected chi connectivity index (χ0v) is 16.8. The zero-order valence-electron chi connectivity index (χ0n) is 16.8. The van der Waals surface area contributed by atoms with Gasteiger partial charge < -0.3 is 14.0 Å². The smallest absolute Gasteiger partial charge is 0.260 e. The Kier molecular flexibility index (Phi) is 5.07. The topological polar surface area (TPSA) is 50.1 Å². The summed E-state index contributed by atoms with van der Waals surface area (Å²) < 4.78 is 7.89. The number of piperazine rings is 1. The van der Waals surface area contributed by atoms with Crippen molar-refractivity contribution in [2.24, 2.45) is 0 Å². The largest absolute Gasteiger partial charge is 0.484 e. The quantitative estimate of drug-likeness (QED) is 0.516. The second-order valence-electron chi connectivity index (χ2n) is 7.63. The highest BCUT2D eigenvalue weighted by Crippen LogP contribution is 2.20. The maximum atomic E-state index is 12.6. The van der Waals surface area contributed by atoms with Crippen molar-refractivity contribution in [3.05, 3.63) is 78.8 Å². The van der Waals surface area contributed by atoms with E-state index in [9.17, 15) is 4.79 Å². The Bertz CT molecular complexity index is 1180. The third-order valence-electron chi connectivity index (χ3n) is 5.69. The normalized spacial score (nSPS) is 15.0. The van der Waals surface area contributed by atoms with Crippen LogP contribution in [0.3, 0.4) is 0 Å². The number of hydrogen-bond donors (Lipinski definition) is 0. The Morgan fingerprint density at radius 1 is 0.933 bits per heavy atom. The van der Waals surface area contributed by atoms with Gasteiger partial charge in [0.2, 0.25) is 0 Å². The molecule has 0 N–H and O–H groups in total. The van der Waals surface area contributed by atoms with Crippen LogP contribution in [0.5, 0.6) is 5.75 Å². The number of carbonyl (C=O) groups excluding carboxylic acids is 1. The minimum absolute atomic E-state index is 0.0395. The fourth-order valence-electron chi connectivity index (χ4n) is 3.98. The average molecular weight is 400 g/mol. The third kappa shape index (κ3) is 3.86. The van der Waals surface area contributed by atoms with E-state index in [4.69, 9.17) is 4.74 Å².